The average molecular weight is 553 g/mol. The van der Waals surface area contributed by atoms with Crippen LogP contribution in [0.25, 0.3) is 5.57 Å². The van der Waals surface area contributed by atoms with E-state index in [9.17, 15) is 0 Å². The van der Waals surface area contributed by atoms with Crippen LogP contribution in [0, 0.1) is 12.3 Å². The van der Waals surface area contributed by atoms with Crippen molar-refractivity contribution in [2.75, 3.05) is 0 Å². The average Bonchev–Trinajstić information content (AvgIpc) is 3.26. The fraction of sp³-hybridized carbons (Fsp3) is 0.548. The van der Waals surface area contributed by atoms with Crippen molar-refractivity contribution in [1.82, 2.24) is 0 Å². The van der Waals surface area contributed by atoms with Gasteiger partial charge in [-0.25, -0.2) is 0 Å². The molecule has 0 aliphatic carbocycles. The predicted molar refractivity (Wildman–Crippen MR) is 161 cm³/mol. The van der Waals surface area contributed by atoms with Crippen LogP contribution in [-0.4, -0.2) is 19.5 Å². The summed E-state index contributed by atoms with van der Waals surface area (Å²) in [4.78, 5) is 2.36. The molecule has 0 aliphatic heterocycles. The summed E-state index contributed by atoms with van der Waals surface area (Å²) in [7, 11) is 0.750. The topological polar surface area (TPSA) is 27.7 Å². The van der Waals surface area contributed by atoms with Crippen molar-refractivity contribution >= 4 is 36.4 Å². The van der Waals surface area contributed by atoms with Gasteiger partial charge in [0.1, 0.15) is 12.4 Å². The maximum Gasteiger partial charge on any atom is 0.236 e. The van der Waals surface area contributed by atoms with Crippen LogP contribution >= 0.6 is 11.3 Å². The standard InChI is InChI=1S/C31H44O3SSi2/c1-13-15-22(14-2)27-19-17-24(35-27)21-32-23-16-18-25(30(9,10)33-36-28(3,4)5)26(20-23)31(11,12)34-37-29(6,7)8/h1,15-20H,14,21H2,2-12H3. The first-order valence-electron chi connectivity index (χ1n) is 12.9. The molecule has 0 saturated carbocycles. The quantitative estimate of drug-likeness (QED) is 0.206. The lowest BCUT2D eigenvalue weighted by Gasteiger charge is -2.37. The summed E-state index contributed by atoms with van der Waals surface area (Å²) >= 11 is 1.73. The molecule has 1 aromatic carbocycles. The molecule has 6 heteroatoms. The minimum Gasteiger partial charge on any atom is -0.488 e. The second kappa shape index (κ2) is 12.5. The van der Waals surface area contributed by atoms with E-state index < -0.39 is 11.2 Å². The molecular weight excluding hydrogens is 509 g/mol. The second-order valence-corrected chi connectivity index (χ2v) is 17.4. The van der Waals surface area contributed by atoms with E-state index in [4.69, 9.17) is 20.0 Å². The first kappa shape index (κ1) is 31.6. The monoisotopic (exact) mass is 552 g/mol. The first-order chi connectivity index (χ1) is 17.0. The Labute approximate surface area is 235 Å². The molecule has 0 atom stereocenters. The number of rotatable bonds is 11. The summed E-state index contributed by atoms with van der Waals surface area (Å²) in [5, 5.41) is 0.194. The molecular formula is C31H44O3SSi2. The van der Waals surface area contributed by atoms with E-state index in [1.165, 1.54) is 10.5 Å². The molecule has 0 aliphatic rings. The van der Waals surface area contributed by atoms with Crippen LogP contribution in [0.5, 0.6) is 5.75 Å². The van der Waals surface area contributed by atoms with E-state index in [2.05, 4.69) is 112 Å². The number of hydrogen-bond acceptors (Lipinski definition) is 4. The molecule has 1 aromatic heterocycles. The van der Waals surface area contributed by atoms with Crippen LogP contribution in [0.2, 0.25) is 10.1 Å². The molecule has 0 bridgehead atoms. The Hall–Kier alpha value is -1.63. The Morgan fingerprint density at radius 3 is 1.95 bits per heavy atom. The van der Waals surface area contributed by atoms with E-state index in [-0.39, 0.29) is 10.1 Å². The van der Waals surface area contributed by atoms with Crippen LogP contribution in [0.4, 0.5) is 0 Å². The molecule has 0 saturated heterocycles. The lowest BCUT2D eigenvalue weighted by Crippen LogP contribution is -2.34. The van der Waals surface area contributed by atoms with Crippen molar-refractivity contribution in [2.45, 2.75) is 110 Å². The molecule has 3 nitrogen and oxygen atoms in total. The van der Waals surface area contributed by atoms with Crippen molar-refractivity contribution in [2.24, 2.45) is 0 Å². The largest absolute Gasteiger partial charge is 0.488 e. The molecule has 0 spiro atoms. The summed E-state index contributed by atoms with van der Waals surface area (Å²) in [5.41, 5.74) is 2.45. The molecule has 2 aromatic rings. The highest BCUT2D eigenvalue weighted by Gasteiger charge is 2.34. The molecule has 0 amide bonds. The van der Waals surface area contributed by atoms with E-state index in [0.717, 1.165) is 28.2 Å². The Kier molecular flexibility index (Phi) is 10.7. The summed E-state index contributed by atoms with van der Waals surface area (Å²) in [6, 6.07) is 10.6. The fourth-order valence-corrected chi connectivity index (χ4v) is 5.89. The van der Waals surface area contributed by atoms with Gasteiger partial charge in [-0.15, -0.1) is 17.8 Å². The summed E-state index contributed by atoms with van der Waals surface area (Å²) in [6.45, 7) is 24.5. The van der Waals surface area contributed by atoms with Gasteiger partial charge in [0.25, 0.3) is 0 Å². The number of allylic oxidation sites excluding steroid dienone is 2. The maximum absolute atomic E-state index is 6.54. The Balaban J connectivity index is 2.37. The van der Waals surface area contributed by atoms with Gasteiger partial charge in [0, 0.05) is 9.75 Å². The summed E-state index contributed by atoms with van der Waals surface area (Å²) in [6.07, 6.45) is 8.26. The van der Waals surface area contributed by atoms with Gasteiger partial charge in [0.2, 0.25) is 19.5 Å². The normalized spacial score (nSPS) is 13.5. The van der Waals surface area contributed by atoms with E-state index in [0.29, 0.717) is 26.1 Å². The lowest BCUT2D eigenvalue weighted by atomic mass is 9.85. The molecule has 0 fully saturated rings. The fourth-order valence-electron chi connectivity index (χ4n) is 3.54. The summed E-state index contributed by atoms with van der Waals surface area (Å²) < 4.78 is 19.3. The van der Waals surface area contributed by atoms with Gasteiger partial charge >= 0.3 is 0 Å². The number of ether oxygens (including phenoxy) is 1. The minimum absolute atomic E-state index is 0.0905. The number of terminal acetylenes is 1. The smallest absolute Gasteiger partial charge is 0.236 e. The zero-order chi connectivity index (χ0) is 28.1. The van der Waals surface area contributed by atoms with Crippen LogP contribution in [0.3, 0.4) is 0 Å². The van der Waals surface area contributed by atoms with Gasteiger partial charge in [0.15, 0.2) is 0 Å². The molecule has 1 heterocycles. The third-order valence-electron chi connectivity index (χ3n) is 5.51. The van der Waals surface area contributed by atoms with Crippen LogP contribution < -0.4 is 4.74 Å². The zero-order valence-corrected chi connectivity index (χ0v) is 27.4. The number of hydrogen-bond donors (Lipinski definition) is 0. The SMILES string of the molecule is C#CC=C(CC)c1ccc(COc2ccc(C(C)(C)O[Si]C(C)(C)C)c(C(C)(C)O[Si]C(C)(C)C)c2)s1. The van der Waals surface area contributed by atoms with Crippen LogP contribution in [-0.2, 0) is 26.7 Å². The lowest BCUT2D eigenvalue weighted by molar-refractivity contribution is 0.0826. The summed E-state index contributed by atoms with van der Waals surface area (Å²) in [5.74, 6) is 3.48. The molecule has 2 rings (SSSR count). The molecule has 4 radical (unpaired) electrons. The Bertz CT molecular complexity index is 1110. The van der Waals surface area contributed by atoms with Gasteiger partial charge < -0.3 is 13.6 Å². The van der Waals surface area contributed by atoms with Crippen molar-refractivity contribution in [3.8, 4) is 18.1 Å². The van der Waals surface area contributed by atoms with Crippen molar-refractivity contribution in [3.63, 3.8) is 0 Å². The predicted octanol–water partition coefficient (Wildman–Crippen LogP) is 8.93. The molecule has 0 N–H and O–H groups in total. The number of thiophene rings is 1. The van der Waals surface area contributed by atoms with E-state index in [1.54, 1.807) is 11.3 Å². The minimum atomic E-state index is -0.502. The Morgan fingerprint density at radius 1 is 0.865 bits per heavy atom. The van der Waals surface area contributed by atoms with Crippen LogP contribution in [0.1, 0.15) is 103 Å². The van der Waals surface area contributed by atoms with Gasteiger partial charge in [-0.3, -0.25) is 0 Å². The van der Waals surface area contributed by atoms with Gasteiger partial charge in [0.05, 0.1) is 11.2 Å². The van der Waals surface area contributed by atoms with Crippen molar-refractivity contribution in [1.29, 1.82) is 0 Å². The number of benzene rings is 1. The van der Waals surface area contributed by atoms with Gasteiger partial charge in [-0.2, -0.15) is 0 Å². The van der Waals surface area contributed by atoms with Gasteiger partial charge in [-0.1, -0.05) is 60.5 Å². The third-order valence-corrected chi connectivity index (χ3v) is 9.09. The highest BCUT2D eigenvalue weighted by Crippen LogP contribution is 2.40. The highest BCUT2D eigenvalue weighted by molar-refractivity contribution is 7.13. The molecule has 200 valence electrons. The van der Waals surface area contributed by atoms with Crippen molar-refractivity contribution in [3.05, 3.63) is 57.3 Å². The maximum atomic E-state index is 6.54. The third kappa shape index (κ3) is 9.88. The molecule has 37 heavy (non-hydrogen) atoms. The molecule has 0 unspecified atom stereocenters. The first-order valence-corrected chi connectivity index (χ1v) is 15.5. The van der Waals surface area contributed by atoms with E-state index >= 15 is 0 Å². The van der Waals surface area contributed by atoms with E-state index in [1.807, 2.05) is 6.08 Å². The van der Waals surface area contributed by atoms with Gasteiger partial charge in [-0.05, 0) is 91.2 Å². The zero-order valence-electron chi connectivity index (χ0n) is 24.6. The highest BCUT2D eigenvalue weighted by atomic mass is 32.1. The van der Waals surface area contributed by atoms with Crippen molar-refractivity contribution < 1.29 is 13.6 Å². The second-order valence-electron chi connectivity index (χ2n) is 12.4. The van der Waals surface area contributed by atoms with Crippen LogP contribution in [0.15, 0.2) is 36.4 Å². The Morgan fingerprint density at radius 2 is 1.43 bits per heavy atom.